The topological polar surface area (TPSA) is 96.0 Å². The van der Waals surface area contributed by atoms with Crippen LogP contribution in [0.3, 0.4) is 0 Å². The zero-order valence-corrected chi connectivity index (χ0v) is 23.6. The molecule has 1 N–H and O–H groups in total. The van der Waals surface area contributed by atoms with Crippen molar-refractivity contribution >= 4 is 32.6 Å². The van der Waals surface area contributed by atoms with Crippen LogP contribution in [0.2, 0.25) is 0 Å². The van der Waals surface area contributed by atoms with Gasteiger partial charge in [0.05, 0.1) is 18.6 Å². The smallest absolute Gasteiger partial charge is 0.243 e. The van der Waals surface area contributed by atoms with Gasteiger partial charge in [-0.1, -0.05) is 61.7 Å². The van der Waals surface area contributed by atoms with Gasteiger partial charge in [-0.2, -0.15) is 4.31 Å². The molecule has 39 heavy (non-hydrogen) atoms. The lowest BCUT2D eigenvalue weighted by Crippen LogP contribution is -2.52. The summed E-state index contributed by atoms with van der Waals surface area (Å²) in [4.78, 5) is 28.4. The van der Waals surface area contributed by atoms with Crippen molar-refractivity contribution in [2.45, 2.75) is 62.6 Å². The van der Waals surface area contributed by atoms with Crippen LogP contribution in [0.25, 0.3) is 10.8 Å². The standard InChI is InChI=1S/C30H37N3O5S/c1-22(30(35)31-26-11-5-4-6-12-26)33(20-23-13-16-27(38-3)17-14-23)29(34)21-32(2)39(36,37)28-18-15-24-9-7-8-10-25(24)19-28/h7-10,13-19,22,26H,4-6,11-12,20-21H2,1-3H3,(H,31,35)/t22-/m1/s1. The number of rotatable bonds is 10. The van der Waals surface area contributed by atoms with Gasteiger partial charge in [-0.25, -0.2) is 8.42 Å². The van der Waals surface area contributed by atoms with Gasteiger partial charge in [-0.3, -0.25) is 9.59 Å². The van der Waals surface area contributed by atoms with Gasteiger partial charge < -0.3 is 15.0 Å². The summed E-state index contributed by atoms with van der Waals surface area (Å²) < 4.78 is 33.1. The number of carbonyl (C=O) groups is 2. The number of sulfonamides is 1. The fourth-order valence-electron chi connectivity index (χ4n) is 4.95. The molecule has 0 unspecified atom stereocenters. The largest absolute Gasteiger partial charge is 0.497 e. The van der Waals surface area contributed by atoms with Gasteiger partial charge in [0.25, 0.3) is 0 Å². The number of hydrogen-bond donors (Lipinski definition) is 1. The van der Waals surface area contributed by atoms with E-state index in [1.54, 1.807) is 44.4 Å². The minimum absolute atomic E-state index is 0.0996. The molecule has 0 aromatic heterocycles. The molecular weight excluding hydrogens is 514 g/mol. The first-order chi connectivity index (χ1) is 18.7. The molecule has 0 spiro atoms. The Hall–Kier alpha value is -3.43. The summed E-state index contributed by atoms with van der Waals surface area (Å²) in [5.74, 6) is -0.00583. The minimum Gasteiger partial charge on any atom is -0.497 e. The Balaban J connectivity index is 1.53. The fraction of sp³-hybridized carbons (Fsp3) is 0.400. The van der Waals surface area contributed by atoms with E-state index >= 15 is 0 Å². The molecule has 0 radical (unpaired) electrons. The third kappa shape index (κ3) is 6.96. The maximum Gasteiger partial charge on any atom is 0.243 e. The predicted molar refractivity (Wildman–Crippen MR) is 152 cm³/mol. The second-order valence-electron chi connectivity index (χ2n) is 10.2. The van der Waals surface area contributed by atoms with Gasteiger partial charge in [0.2, 0.25) is 21.8 Å². The lowest BCUT2D eigenvalue weighted by atomic mass is 9.95. The molecule has 0 aliphatic heterocycles. The van der Waals surface area contributed by atoms with Crippen LogP contribution in [0, 0.1) is 0 Å². The molecule has 8 nitrogen and oxygen atoms in total. The zero-order valence-electron chi connectivity index (χ0n) is 22.8. The van der Waals surface area contributed by atoms with Crippen LogP contribution in [0.1, 0.15) is 44.6 Å². The van der Waals surface area contributed by atoms with E-state index in [9.17, 15) is 18.0 Å². The van der Waals surface area contributed by atoms with Crippen molar-refractivity contribution in [1.82, 2.24) is 14.5 Å². The molecule has 1 aliphatic rings. The summed E-state index contributed by atoms with van der Waals surface area (Å²) in [6.07, 6.45) is 5.17. The highest BCUT2D eigenvalue weighted by Gasteiger charge is 2.31. The normalized spacial score (nSPS) is 15.2. The summed E-state index contributed by atoms with van der Waals surface area (Å²) in [6, 6.07) is 19.0. The van der Waals surface area contributed by atoms with Crippen molar-refractivity contribution in [2.75, 3.05) is 20.7 Å². The quantitative estimate of drug-likeness (QED) is 0.405. The van der Waals surface area contributed by atoms with Gasteiger partial charge in [0.1, 0.15) is 11.8 Å². The number of likely N-dealkylation sites (N-methyl/N-ethyl adjacent to an activating group) is 1. The average molecular weight is 552 g/mol. The number of carbonyl (C=O) groups excluding carboxylic acids is 2. The van der Waals surface area contributed by atoms with Gasteiger partial charge in [-0.15, -0.1) is 0 Å². The number of nitrogens with zero attached hydrogens (tertiary/aromatic N) is 2. The molecule has 9 heteroatoms. The number of ether oxygens (including phenoxy) is 1. The highest BCUT2D eigenvalue weighted by atomic mass is 32.2. The van der Waals surface area contributed by atoms with E-state index in [4.69, 9.17) is 4.74 Å². The maximum atomic E-state index is 13.6. The Labute approximate surface area is 231 Å². The van der Waals surface area contributed by atoms with Crippen molar-refractivity contribution in [2.24, 2.45) is 0 Å². The SMILES string of the molecule is COc1ccc(CN(C(=O)CN(C)S(=O)(=O)c2ccc3ccccc3c2)[C@H](C)C(=O)NC2CCCCC2)cc1. The summed E-state index contributed by atoms with van der Waals surface area (Å²) in [5.41, 5.74) is 0.807. The molecule has 1 saturated carbocycles. The second-order valence-corrected chi connectivity index (χ2v) is 12.2. The fourth-order valence-corrected chi connectivity index (χ4v) is 6.11. The predicted octanol–water partition coefficient (Wildman–Crippen LogP) is 4.34. The number of methoxy groups -OCH3 is 1. The van der Waals surface area contributed by atoms with E-state index in [2.05, 4.69) is 5.32 Å². The zero-order chi connectivity index (χ0) is 28.0. The molecule has 4 rings (SSSR count). The highest BCUT2D eigenvalue weighted by molar-refractivity contribution is 7.89. The Morgan fingerprint density at radius 2 is 1.64 bits per heavy atom. The van der Waals surface area contributed by atoms with Crippen molar-refractivity contribution in [1.29, 1.82) is 0 Å². The highest BCUT2D eigenvalue weighted by Crippen LogP contribution is 2.22. The Bertz CT molecular complexity index is 1400. The molecule has 0 heterocycles. The van der Waals surface area contributed by atoms with E-state index in [1.165, 1.54) is 18.4 Å². The summed E-state index contributed by atoms with van der Waals surface area (Å²) in [5, 5.41) is 4.83. The van der Waals surface area contributed by atoms with Gasteiger partial charge in [0, 0.05) is 19.6 Å². The lowest BCUT2D eigenvalue weighted by molar-refractivity contribution is -0.141. The molecule has 1 aliphatic carbocycles. The average Bonchev–Trinajstić information content (AvgIpc) is 2.96. The van der Waals surface area contributed by atoms with E-state index in [1.807, 2.05) is 36.4 Å². The Morgan fingerprint density at radius 1 is 0.974 bits per heavy atom. The number of amides is 2. The number of benzene rings is 3. The number of hydrogen-bond acceptors (Lipinski definition) is 5. The van der Waals surface area contributed by atoms with Crippen molar-refractivity contribution in [3.63, 3.8) is 0 Å². The Kier molecular flexibility index (Phi) is 9.24. The van der Waals surface area contributed by atoms with Crippen molar-refractivity contribution < 1.29 is 22.7 Å². The molecular formula is C30H37N3O5S. The molecule has 2 amide bonds. The minimum atomic E-state index is -3.94. The first-order valence-electron chi connectivity index (χ1n) is 13.4. The van der Waals surface area contributed by atoms with Crippen molar-refractivity contribution in [3.8, 4) is 5.75 Å². The van der Waals surface area contributed by atoms with Gasteiger partial charge >= 0.3 is 0 Å². The first kappa shape index (κ1) is 28.6. The van der Waals surface area contributed by atoms with E-state index in [0.717, 1.165) is 46.3 Å². The molecule has 0 bridgehead atoms. The molecule has 3 aromatic carbocycles. The number of fused-ring (bicyclic) bond motifs is 1. The van der Waals surface area contributed by atoms with Crippen LogP contribution in [-0.4, -0.2) is 62.2 Å². The second kappa shape index (κ2) is 12.6. The molecule has 1 fully saturated rings. The van der Waals surface area contributed by atoms with Crippen LogP contribution in [0.4, 0.5) is 0 Å². The van der Waals surface area contributed by atoms with Crippen LogP contribution in [0.15, 0.2) is 71.6 Å². The molecule has 3 aromatic rings. The molecule has 0 saturated heterocycles. The first-order valence-corrected chi connectivity index (χ1v) is 14.8. The summed E-state index contributed by atoms with van der Waals surface area (Å²) in [7, 11) is -0.973. The van der Waals surface area contributed by atoms with Crippen LogP contribution in [0.5, 0.6) is 5.75 Å². The number of nitrogens with one attached hydrogen (secondary N) is 1. The van der Waals surface area contributed by atoms with Gasteiger partial charge in [0.15, 0.2) is 0 Å². The lowest BCUT2D eigenvalue weighted by Gasteiger charge is -2.32. The monoisotopic (exact) mass is 551 g/mol. The van der Waals surface area contributed by atoms with E-state index < -0.39 is 28.5 Å². The maximum absolute atomic E-state index is 13.6. The van der Waals surface area contributed by atoms with E-state index in [-0.39, 0.29) is 23.4 Å². The van der Waals surface area contributed by atoms with Crippen LogP contribution >= 0.6 is 0 Å². The van der Waals surface area contributed by atoms with Crippen molar-refractivity contribution in [3.05, 3.63) is 72.3 Å². The van der Waals surface area contributed by atoms with Gasteiger partial charge in [-0.05, 0) is 60.4 Å². The Morgan fingerprint density at radius 3 is 2.31 bits per heavy atom. The third-order valence-corrected chi connectivity index (χ3v) is 9.22. The van der Waals surface area contributed by atoms with Crippen LogP contribution in [-0.2, 0) is 26.2 Å². The third-order valence-electron chi connectivity index (χ3n) is 7.42. The van der Waals surface area contributed by atoms with Crippen LogP contribution < -0.4 is 10.1 Å². The summed E-state index contributed by atoms with van der Waals surface area (Å²) >= 11 is 0. The molecule has 208 valence electrons. The van der Waals surface area contributed by atoms with E-state index in [0.29, 0.717) is 5.75 Å². The summed E-state index contributed by atoms with van der Waals surface area (Å²) in [6.45, 7) is 1.45. The molecule has 1 atom stereocenters.